The van der Waals surface area contributed by atoms with Crippen molar-refractivity contribution in [3.05, 3.63) is 35.4 Å². The van der Waals surface area contributed by atoms with Gasteiger partial charge in [0.25, 0.3) is 0 Å². The molecule has 0 amide bonds. The molecule has 0 N–H and O–H groups in total. The average Bonchev–Trinajstić information content (AvgIpc) is 2.28. The zero-order valence-electron chi connectivity index (χ0n) is 9.82. The zero-order valence-corrected chi connectivity index (χ0v) is 9.82. The number of Topliss-reactive ketones (excluding diaryl/α,β-unsaturated/α-hetero) is 1. The van der Waals surface area contributed by atoms with Gasteiger partial charge in [0.05, 0.1) is 13.0 Å². The fourth-order valence-electron chi connectivity index (χ4n) is 1.42. The fourth-order valence-corrected chi connectivity index (χ4v) is 1.42. The van der Waals surface area contributed by atoms with Crippen LogP contribution in [0.1, 0.15) is 29.3 Å². The van der Waals surface area contributed by atoms with E-state index < -0.39 is 0 Å². The first-order valence-electron chi connectivity index (χ1n) is 5.22. The van der Waals surface area contributed by atoms with E-state index in [1.807, 2.05) is 19.1 Å². The van der Waals surface area contributed by atoms with Crippen LogP contribution in [0.2, 0.25) is 0 Å². The maximum absolute atomic E-state index is 11.8. The summed E-state index contributed by atoms with van der Waals surface area (Å²) >= 11 is 0. The molecule has 0 aromatic heterocycles. The summed E-state index contributed by atoms with van der Waals surface area (Å²) in [6, 6.07) is 7.33. The summed E-state index contributed by atoms with van der Waals surface area (Å²) in [5, 5.41) is 0. The van der Waals surface area contributed by atoms with Gasteiger partial charge in [-0.1, -0.05) is 36.8 Å². The van der Waals surface area contributed by atoms with Crippen LogP contribution in [-0.4, -0.2) is 18.9 Å². The third-order valence-corrected chi connectivity index (χ3v) is 2.47. The van der Waals surface area contributed by atoms with Crippen molar-refractivity contribution in [3.8, 4) is 0 Å². The van der Waals surface area contributed by atoms with E-state index in [9.17, 15) is 9.59 Å². The Kier molecular flexibility index (Phi) is 4.23. The highest BCUT2D eigenvalue weighted by molar-refractivity contribution is 5.98. The van der Waals surface area contributed by atoms with E-state index in [-0.39, 0.29) is 24.1 Å². The number of aryl methyl sites for hydroxylation is 1. The maximum atomic E-state index is 11.8. The molecule has 1 rings (SSSR count). The summed E-state index contributed by atoms with van der Waals surface area (Å²) in [7, 11) is 1.33. The molecule has 1 atom stereocenters. The maximum Gasteiger partial charge on any atom is 0.308 e. The van der Waals surface area contributed by atoms with E-state index in [2.05, 4.69) is 4.74 Å². The Morgan fingerprint density at radius 1 is 1.25 bits per heavy atom. The Balaban J connectivity index is 2.65. The lowest BCUT2D eigenvalue weighted by Gasteiger charge is -2.08. The molecule has 1 unspecified atom stereocenters. The topological polar surface area (TPSA) is 43.4 Å². The molecule has 0 heterocycles. The Hall–Kier alpha value is -1.64. The molecule has 0 aliphatic heterocycles. The second-order valence-corrected chi connectivity index (χ2v) is 3.92. The lowest BCUT2D eigenvalue weighted by Crippen LogP contribution is -2.16. The number of hydrogen-bond donors (Lipinski definition) is 0. The van der Waals surface area contributed by atoms with Crippen molar-refractivity contribution in [1.82, 2.24) is 0 Å². The molecule has 0 aliphatic rings. The van der Waals surface area contributed by atoms with Crippen LogP contribution < -0.4 is 0 Å². The highest BCUT2D eigenvalue weighted by Crippen LogP contribution is 2.12. The van der Waals surface area contributed by atoms with Gasteiger partial charge in [-0.15, -0.1) is 0 Å². The number of rotatable bonds is 4. The smallest absolute Gasteiger partial charge is 0.308 e. The van der Waals surface area contributed by atoms with E-state index >= 15 is 0 Å². The second kappa shape index (κ2) is 5.45. The van der Waals surface area contributed by atoms with Crippen LogP contribution in [0.3, 0.4) is 0 Å². The molecule has 16 heavy (non-hydrogen) atoms. The molecule has 3 heteroatoms. The molecule has 0 radical (unpaired) electrons. The fraction of sp³-hybridized carbons (Fsp3) is 0.385. The van der Waals surface area contributed by atoms with Crippen LogP contribution >= 0.6 is 0 Å². The summed E-state index contributed by atoms with van der Waals surface area (Å²) in [6.45, 7) is 3.66. The molecule has 1 aromatic carbocycles. The average molecular weight is 220 g/mol. The van der Waals surface area contributed by atoms with Gasteiger partial charge in [0.1, 0.15) is 0 Å². The van der Waals surface area contributed by atoms with Gasteiger partial charge < -0.3 is 4.74 Å². The van der Waals surface area contributed by atoms with Gasteiger partial charge in [-0.25, -0.2) is 0 Å². The van der Waals surface area contributed by atoms with Crippen LogP contribution in [-0.2, 0) is 9.53 Å². The number of hydrogen-bond acceptors (Lipinski definition) is 3. The number of carbonyl (C=O) groups is 2. The summed E-state index contributed by atoms with van der Waals surface area (Å²) in [4.78, 5) is 22.9. The normalized spacial score (nSPS) is 11.9. The third kappa shape index (κ3) is 3.19. The SMILES string of the molecule is COC(=O)C(C)CC(=O)c1ccc(C)cc1. The van der Waals surface area contributed by atoms with Gasteiger partial charge in [0.2, 0.25) is 0 Å². The number of esters is 1. The molecule has 0 bridgehead atoms. The molecule has 86 valence electrons. The van der Waals surface area contributed by atoms with Crippen molar-refractivity contribution in [2.75, 3.05) is 7.11 Å². The van der Waals surface area contributed by atoms with Gasteiger partial charge in [0.15, 0.2) is 5.78 Å². The van der Waals surface area contributed by atoms with Gasteiger partial charge in [-0.2, -0.15) is 0 Å². The molecular formula is C13H16O3. The number of methoxy groups -OCH3 is 1. The largest absolute Gasteiger partial charge is 0.469 e. The predicted molar refractivity (Wildman–Crippen MR) is 61.3 cm³/mol. The van der Waals surface area contributed by atoms with Crippen LogP contribution in [0.5, 0.6) is 0 Å². The molecule has 0 saturated carbocycles. The van der Waals surface area contributed by atoms with Crippen molar-refractivity contribution in [2.45, 2.75) is 20.3 Å². The number of carbonyl (C=O) groups excluding carboxylic acids is 2. The summed E-state index contributed by atoms with van der Waals surface area (Å²) in [5.41, 5.74) is 1.75. The molecule has 0 saturated heterocycles. The van der Waals surface area contributed by atoms with E-state index in [1.54, 1.807) is 19.1 Å². The minimum Gasteiger partial charge on any atom is -0.469 e. The number of ketones is 1. The Labute approximate surface area is 95.4 Å². The first-order valence-corrected chi connectivity index (χ1v) is 5.22. The van der Waals surface area contributed by atoms with Crippen LogP contribution in [0.25, 0.3) is 0 Å². The highest BCUT2D eigenvalue weighted by atomic mass is 16.5. The van der Waals surface area contributed by atoms with E-state index in [1.165, 1.54) is 7.11 Å². The van der Waals surface area contributed by atoms with Crippen molar-refractivity contribution in [2.24, 2.45) is 5.92 Å². The van der Waals surface area contributed by atoms with Crippen LogP contribution in [0.15, 0.2) is 24.3 Å². The Morgan fingerprint density at radius 3 is 2.31 bits per heavy atom. The standard InChI is InChI=1S/C13H16O3/c1-9-4-6-11(7-5-9)12(14)8-10(2)13(15)16-3/h4-7,10H,8H2,1-3H3. The van der Waals surface area contributed by atoms with Crippen LogP contribution in [0, 0.1) is 12.8 Å². The zero-order chi connectivity index (χ0) is 12.1. The molecule has 0 aliphatic carbocycles. The van der Waals surface area contributed by atoms with E-state index in [0.29, 0.717) is 5.56 Å². The van der Waals surface area contributed by atoms with Gasteiger partial charge in [-0.05, 0) is 6.92 Å². The summed E-state index contributed by atoms with van der Waals surface area (Å²) in [5.74, 6) is -0.767. The molecule has 0 fully saturated rings. The Morgan fingerprint density at radius 2 is 1.81 bits per heavy atom. The van der Waals surface area contributed by atoms with Gasteiger partial charge >= 0.3 is 5.97 Å². The lowest BCUT2D eigenvalue weighted by atomic mass is 9.99. The minimum atomic E-state index is -0.390. The highest BCUT2D eigenvalue weighted by Gasteiger charge is 2.18. The molecule has 3 nitrogen and oxygen atoms in total. The molecule has 1 aromatic rings. The van der Waals surface area contributed by atoms with E-state index in [0.717, 1.165) is 5.56 Å². The monoisotopic (exact) mass is 220 g/mol. The minimum absolute atomic E-state index is 0.0297. The van der Waals surface area contributed by atoms with Crippen molar-refractivity contribution in [1.29, 1.82) is 0 Å². The van der Waals surface area contributed by atoms with Crippen molar-refractivity contribution >= 4 is 11.8 Å². The Bertz CT molecular complexity index is 379. The van der Waals surface area contributed by atoms with Crippen LogP contribution in [0.4, 0.5) is 0 Å². The molecule has 0 spiro atoms. The van der Waals surface area contributed by atoms with Gasteiger partial charge in [0, 0.05) is 12.0 Å². The van der Waals surface area contributed by atoms with Crippen molar-refractivity contribution in [3.63, 3.8) is 0 Å². The van der Waals surface area contributed by atoms with E-state index in [4.69, 9.17) is 0 Å². The molecular weight excluding hydrogens is 204 g/mol. The summed E-state index contributed by atoms with van der Waals surface area (Å²) < 4.78 is 4.58. The quantitative estimate of drug-likeness (QED) is 0.578. The predicted octanol–water partition coefficient (Wildman–Crippen LogP) is 2.38. The second-order valence-electron chi connectivity index (χ2n) is 3.92. The van der Waals surface area contributed by atoms with Gasteiger partial charge in [-0.3, -0.25) is 9.59 Å². The van der Waals surface area contributed by atoms with Crippen molar-refractivity contribution < 1.29 is 14.3 Å². The first-order chi connectivity index (χ1) is 7.54. The third-order valence-electron chi connectivity index (χ3n) is 2.47. The summed E-state index contributed by atoms with van der Waals surface area (Å²) in [6.07, 6.45) is 0.190. The first kappa shape index (κ1) is 12.4. The number of benzene rings is 1. The number of ether oxygens (including phenoxy) is 1. The lowest BCUT2D eigenvalue weighted by molar-refractivity contribution is -0.144.